The Morgan fingerprint density at radius 1 is 0.900 bits per heavy atom. The summed E-state index contributed by atoms with van der Waals surface area (Å²) in [5.41, 5.74) is 0. The molecule has 0 amide bonds. The lowest BCUT2D eigenvalue weighted by molar-refractivity contribution is 0.122. The van der Waals surface area contributed by atoms with E-state index in [4.69, 9.17) is 9.47 Å². The molecule has 1 aromatic carbocycles. The van der Waals surface area contributed by atoms with E-state index in [9.17, 15) is 8.42 Å². The molecule has 4 rings (SSSR count). The first-order chi connectivity index (χ1) is 14.5. The Hall–Kier alpha value is -2.43. The summed E-state index contributed by atoms with van der Waals surface area (Å²) in [5.74, 6) is 3.08. The maximum absolute atomic E-state index is 13.0. The Balaban J connectivity index is 1.45. The van der Waals surface area contributed by atoms with Gasteiger partial charge in [-0.2, -0.15) is 4.31 Å². The standard InChI is InChI=1S/C20H27N5O4S/c1-16-21-19(15-20(22-16)24-11-13-29-14-12-24)23-7-9-25(10-8-23)30(26,27)18-5-3-17(28-2)4-6-18/h3-6,15H,7-14H2,1-2H3. The van der Waals surface area contributed by atoms with Gasteiger partial charge in [-0.1, -0.05) is 0 Å². The molecule has 2 saturated heterocycles. The SMILES string of the molecule is COc1ccc(S(=O)(=O)N2CCN(c3cc(N4CCOCC4)nc(C)n3)CC2)cc1. The third-order valence-corrected chi connectivity index (χ3v) is 7.32. The van der Waals surface area contributed by atoms with Gasteiger partial charge in [0.15, 0.2) is 0 Å². The highest BCUT2D eigenvalue weighted by Crippen LogP contribution is 2.24. The van der Waals surface area contributed by atoms with Crippen molar-refractivity contribution >= 4 is 21.7 Å². The van der Waals surface area contributed by atoms with Crippen LogP contribution in [0.2, 0.25) is 0 Å². The van der Waals surface area contributed by atoms with Gasteiger partial charge in [0.1, 0.15) is 23.2 Å². The number of morpholine rings is 1. The second-order valence-electron chi connectivity index (χ2n) is 7.30. The van der Waals surface area contributed by atoms with Gasteiger partial charge in [0.05, 0.1) is 25.2 Å². The lowest BCUT2D eigenvalue weighted by Crippen LogP contribution is -2.49. The van der Waals surface area contributed by atoms with Gasteiger partial charge >= 0.3 is 0 Å². The maximum atomic E-state index is 13.0. The number of nitrogens with zero attached hydrogens (tertiary/aromatic N) is 5. The fourth-order valence-corrected chi connectivity index (χ4v) is 5.13. The molecule has 3 heterocycles. The number of methoxy groups -OCH3 is 1. The lowest BCUT2D eigenvalue weighted by atomic mass is 10.3. The van der Waals surface area contributed by atoms with Crippen LogP contribution in [0.3, 0.4) is 0 Å². The Morgan fingerprint density at radius 3 is 2.03 bits per heavy atom. The molecule has 0 spiro atoms. The van der Waals surface area contributed by atoms with Gasteiger partial charge in [0, 0.05) is 45.3 Å². The number of benzene rings is 1. The van der Waals surface area contributed by atoms with Gasteiger partial charge in [-0.15, -0.1) is 0 Å². The summed E-state index contributed by atoms with van der Waals surface area (Å²) in [6.45, 7) is 6.86. The quantitative estimate of drug-likeness (QED) is 0.694. The highest BCUT2D eigenvalue weighted by atomic mass is 32.2. The van der Waals surface area contributed by atoms with Crippen LogP contribution in [0.15, 0.2) is 35.2 Å². The Kier molecular flexibility index (Phi) is 6.07. The van der Waals surface area contributed by atoms with Crippen LogP contribution in [0.1, 0.15) is 5.82 Å². The summed E-state index contributed by atoms with van der Waals surface area (Å²) < 4.78 is 38.0. The number of aromatic nitrogens is 2. The van der Waals surface area contributed by atoms with Gasteiger partial charge in [-0.3, -0.25) is 0 Å². The van der Waals surface area contributed by atoms with Crippen molar-refractivity contribution in [1.29, 1.82) is 0 Å². The summed E-state index contributed by atoms with van der Waals surface area (Å²) >= 11 is 0. The number of hydrogen-bond donors (Lipinski definition) is 0. The van der Waals surface area contributed by atoms with Crippen molar-refractivity contribution in [2.75, 3.05) is 69.4 Å². The smallest absolute Gasteiger partial charge is 0.243 e. The second kappa shape index (κ2) is 8.75. The largest absolute Gasteiger partial charge is 0.497 e. The molecule has 30 heavy (non-hydrogen) atoms. The van der Waals surface area contributed by atoms with Crippen LogP contribution in [0.25, 0.3) is 0 Å². The second-order valence-corrected chi connectivity index (χ2v) is 9.24. The topological polar surface area (TPSA) is 88.1 Å². The predicted octanol–water partition coefficient (Wildman–Crippen LogP) is 1.14. The fourth-order valence-electron chi connectivity index (χ4n) is 3.71. The summed E-state index contributed by atoms with van der Waals surface area (Å²) in [7, 11) is -1.97. The number of aryl methyl sites for hydroxylation is 1. The highest BCUT2D eigenvalue weighted by Gasteiger charge is 2.29. The van der Waals surface area contributed by atoms with Crippen molar-refractivity contribution in [1.82, 2.24) is 14.3 Å². The summed E-state index contributed by atoms with van der Waals surface area (Å²) in [5, 5.41) is 0. The van der Waals surface area contributed by atoms with E-state index in [1.54, 1.807) is 31.4 Å². The van der Waals surface area contributed by atoms with Crippen molar-refractivity contribution in [3.05, 3.63) is 36.2 Å². The Labute approximate surface area is 177 Å². The van der Waals surface area contributed by atoms with Crippen LogP contribution in [0, 0.1) is 6.92 Å². The van der Waals surface area contributed by atoms with Crippen molar-refractivity contribution in [2.24, 2.45) is 0 Å². The first-order valence-electron chi connectivity index (χ1n) is 10.0. The van der Waals surface area contributed by atoms with Crippen LogP contribution < -0.4 is 14.5 Å². The van der Waals surface area contributed by atoms with E-state index in [2.05, 4.69) is 19.8 Å². The van der Waals surface area contributed by atoms with E-state index >= 15 is 0 Å². The van der Waals surface area contributed by atoms with Crippen molar-refractivity contribution < 1.29 is 17.9 Å². The third-order valence-electron chi connectivity index (χ3n) is 5.41. The van der Waals surface area contributed by atoms with Crippen LogP contribution >= 0.6 is 0 Å². The lowest BCUT2D eigenvalue weighted by Gasteiger charge is -2.35. The molecule has 0 radical (unpaired) electrons. The van der Waals surface area contributed by atoms with Crippen molar-refractivity contribution in [3.8, 4) is 5.75 Å². The van der Waals surface area contributed by atoms with Crippen molar-refractivity contribution in [3.63, 3.8) is 0 Å². The fraction of sp³-hybridized carbons (Fsp3) is 0.500. The van der Waals surface area contributed by atoms with Crippen molar-refractivity contribution in [2.45, 2.75) is 11.8 Å². The van der Waals surface area contributed by atoms with Crippen LogP contribution in [0.4, 0.5) is 11.6 Å². The number of piperazine rings is 1. The van der Waals surface area contributed by atoms with Gasteiger partial charge in [0.25, 0.3) is 0 Å². The summed E-state index contributed by atoms with van der Waals surface area (Å²) in [6, 6.07) is 8.50. The van der Waals surface area contributed by atoms with Gasteiger partial charge in [0.2, 0.25) is 10.0 Å². The molecule has 9 nitrogen and oxygen atoms in total. The maximum Gasteiger partial charge on any atom is 0.243 e. The molecular weight excluding hydrogens is 406 g/mol. The summed E-state index contributed by atoms with van der Waals surface area (Å²) in [6.07, 6.45) is 0. The van der Waals surface area contributed by atoms with Gasteiger partial charge in [-0.25, -0.2) is 18.4 Å². The van der Waals surface area contributed by atoms with E-state index in [0.717, 1.165) is 24.7 Å². The zero-order valence-corrected chi connectivity index (χ0v) is 18.1. The molecular formula is C20H27N5O4S. The first-order valence-corrected chi connectivity index (χ1v) is 11.5. The first kappa shape index (κ1) is 20.8. The molecule has 2 fully saturated rings. The highest BCUT2D eigenvalue weighted by molar-refractivity contribution is 7.89. The number of ether oxygens (including phenoxy) is 2. The molecule has 0 bridgehead atoms. The van der Waals surface area contributed by atoms with E-state index in [1.165, 1.54) is 4.31 Å². The molecule has 2 aliphatic rings. The van der Waals surface area contributed by atoms with E-state index in [0.29, 0.717) is 51.0 Å². The van der Waals surface area contributed by atoms with Crippen LogP contribution in [-0.2, 0) is 14.8 Å². The zero-order valence-electron chi connectivity index (χ0n) is 17.3. The average molecular weight is 434 g/mol. The average Bonchev–Trinajstić information content (AvgIpc) is 2.79. The normalized spacial score (nSPS) is 18.5. The third kappa shape index (κ3) is 4.35. The monoisotopic (exact) mass is 433 g/mol. The summed E-state index contributed by atoms with van der Waals surface area (Å²) in [4.78, 5) is 13.8. The van der Waals surface area contributed by atoms with Crippen LogP contribution in [0.5, 0.6) is 5.75 Å². The minimum atomic E-state index is -3.53. The van der Waals surface area contributed by atoms with Gasteiger partial charge < -0.3 is 19.3 Å². The molecule has 2 aliphatic heterocycles. The van der Waals surface area contributed by atoms with E-state index in [-0.39, 0.29) is 4.90 Å². The number of hydrogen-bond acceptors (Lipinski definition) is 8. The number of anilines is 2. The zero-order chi connectivity index (χ0) is 21.1. The van der Waals surface area contributed by atoms with E-state index in [1.807, 2.05) is 13.0 Å². The molecule has 2 aromatic rings. The van der Waals surface area contributed by atoms with E-state index < -0.39 is 10.0 Å². The minimum absolute atomic E-state index is 0.282. The van der Waals surface area contributed by atoms with Gasteiger partial charge in [-0.05, 0) is 31.2 Å². The minimum Gasteiger partial charge on any atom is -0.497 e. The molecule has 0 aliphatic carbocycles. The number of rotatable bonds is 5. The van der Waals surface area contributed by atoms with Crippen LogP contribution in [-0.4, -0.2) is 82.3 Å². The Morgan fingerprint density at radius 2 is 1.47 bits per heavy atom. The molecule has 0 atom stereocenters. The molecule has 1 aromatic heterocycles. The molecule has 0 saturated carbocycles. The predicted molar refractivity (Wildman–Crippen MR) is 114 cm³/mol. The molecule has 10 heteroatoms. The molecule has 0 unspecified atom stereocenters. The molecule has 162 valence electrons. The molecule has 0 N–H and O–H groups in total. The Bertz CT molecular complexity index is 969. The number of sulfonamides is 1.